The normalized spacial score (nSPS) is 13.2. The van der Waals surface area contributed by atoms with Gasteiger partial charge in [-0.05, 0) is 40.1 Å². The molecule has 0 heterocycles. The van der Waals surface area contributed by atoms with Gasteiger partial charge in [0.2, 0.25) is 17.7 Å². The first-order chi connectivity index (χ1) is 54.8. The van der Waals surface area contributed by atoms with Gasteiger partial charge in [0.25, 0.3) is 11.8 Å². The summed E-state index contributed by atoms with van der Waals surface area (Å²) >= 11 is 0. The van der Waals surface area contributed by atoms with E-state index < -0.39 is 127 Å². The average molecular weight is 3910 g/mol. The summed E-state index contributed by atoms with van der Waals surface area (Å²) in [5.74, 6) is -3.63. The zero-order chi connectivity index (χ0) is 86.7. The molecular weight excluding hydrogens is 3750 g/mol. The Bertz CT molecular complexity index is 2380. The van der Waals surface area contributed by atoms with Crippen molar-refractivity contribution in [3.63, 3.8) is 0 Å². The Hall–Kier alpha value is 11.0. The first-order valence-corrected chi connectivity index (χ1v) is 44.0. The summed E-state index contributed by atoms with van der Waals surface area (Å²) < 4.78 is 5.59. The molecule has 32 nitrogen and oxygen atoms in total. The molecule has 0 aromatic carbocycles. The molecule has 0 fully saturated rings. The molecule has 0 aliphatic carbocycles. The number of aliphatic hydroxyl groups excluding tert-OH is 10. The molecule has 0 rings (SSSR count). The minimum Gasteiger partial charge on any atom is -0.394 e. The number of hydrogen-bond acceptors (Lipinski definition) is 27. The second-order valence-electron chi connectivity index (χ2n) is 31.8. The van der Waals surface area contributed by atoms with Gasteiger partial charge in [0.05, 0.1) is 13.2 Å². The maximum atomic E-state index is 13.5. The van der Waals surface area contributed by atoms with Crippen molar-refractivity contribution in [3.8, 4) is 0 Å². The van der Waals surface area contributed by atoms with Crippen LogP contribution in [-0.2, 0) is 28.6 Å². The molecule has 19 N–H and O–H groups in total. The van der Waals surface area contributed by atoms with Crippen molar-refractivity contribution in [2.24, 2.45) is 10.8 Å². The van der Waals surface area contributed by atoms with Gasteiger partial charge in [-0.2, -0.15) is 0 Å². The Balaban J connectivity index is -0.000000206. The number of rotatable bonds is 77. The zero-order valence-electron chi connectivity index (χ0n) is 78.6. The van der Waals surface area contributed by atoms with E-state index in [9.17, 15) is 89.9 Å². The number of nitrogens with one attached hydrogen (secondary N) is 4. The van der Waals surface area contributed by atoms with E-state index in [4.69, 9.17) is 14.9 Å². The predicted molar refractivity (Wildman–Crippen MR) is 460 cm³/mol. The average Bonchev–Trinajstić information content (AvgIpc) is 0.877. The van der Waals surface area contributed by atoms with Crippen LogP contribution in [-0.4, -0.2) is 358 Å². The van der Waals surface area contributed by atoms with Crippen molar-refractivity contribution in [2.45, 2.75) is 334 Å². The summed E-state index contributed by atoms with van der Waals surface area (Å²) in [5.41, 5.74) is 0. The number of nitrogens with zero attached hydrogens (tertiary/aromatic N) is 7. The maximum absolute atomic E-state index is 13.5. The maximum Gasteiger partial charge on any atom is 0.251 e. The Labute approximate surface area is 1110 Å². The first kappa shape index (κ1) is 161. The number of carbonyl (C=O) groups is 5. The summed E-state index contributed by atoms with van der Waals surface area (Å²) in [4.78, 5) is 80.7. The summed E-state index contributed by atoms with van der Waals surface area (Å²) in [6.07, 6.45) is 19.5. The van der Waals surface area contributed by atoms with Crippen LogP contribution in [0.5, 0.6) is 0 Å². The van der Waals surface area contributed by atoms with Crippen molar-refractivity contribution in [1.29, 1.82) is 0 Å². The standard InChI is InChI=1S/C51H99N5O15.C26H64B6N6O6.10Ac/c1-3-5-7-9-10-11-12-13-14-15-16-17-18-19-20-21-22-23-24-26-28-38(49(69)52-31-27-25-8-6-4-2)55-41(61)29-30-42(62)56(34-32-53-50(70)47(67)45(65)43(63)39(59)36-57)35-33-54-51(71)48(68)46(66)44(64)40(60)37-58;1-26(24-33-27-44-23-13-9-10-18-36(30(4)41)21-14-16-34(7)28(2)39)25-38(32(6)43)20-12-11-19-37(31(5)42)22-15-17-35(8)29(3)40;;;;;;;;;;/h38-40,43-48,57-60,63-68H,3-37H2,1-2H3,(H,52,69)(H,53,70)(H,54,71)(H,55,61);26,39-43H,9-25H2,1-8H3;;;;;;;;;;/t38?,39-,40+,43+,44-,45-,46+,47+,48-;;;;;;;;;;;. The van der Waals surface area contributed by atoms with Crippen LogP contribution in [0.2, 0.25) is 34.1 Å². The number of unbranched alkanes of at least 4 members (excludes halogenated alkanes) is 26. The van der Waals surface area contributed by atoms with Gasteiger partial charge in [-0.25, -0.2) is 0 Å². The van der Waals surface area contributed by atoms with E-state index in [1.807, 2.05) is 23.7 Å². The van der Waals surface area contributed by atoms with Gasteiger partial charge in [-0.15, -0.1) is 0 Å². The van der Waals surface area contributed by atoms with E-state index in [0.29, 0.717) is 26.1 Å². The Kier molecular flexibility index (Phi) is 143. The predicted octanol–water partition coefficient (Wildman–Crippen LogP) is 1.98. The largest absolute Gasteiger partial charge is 0.394 e. The van der Waals surface area contributed by atoms with Gasteiger partial charge in [0.1, 0.15) is 42.7 Å². The van der Waals surface area contributed by atoms with Crippen molar-refractivity contribution < 1.29 is 545 Å². The second kappa shape index (κ2) is 111. The number of hydrogen-bond donors (Lipinski definition) is 19. The molecule has 0 aromatic rings. The summed E-state index contributed by atoms with van der Waals surface area (Å²) in [7, 11) is 2.89. The summed E-state index contributed by atoms with van der Waals surface area (Å²) in [6.45, 7) is 20.2. The van der Waals surface area contributed by atoms with Crippen LogP contribution in [0.3, 0.4) is 0 Å². The minimum atomic E-state index is -2.25. The molecule has 0 spiro atoms. The third-order valence-corrected chi connectivity index (χ3v) is 21.1. The number of aliphatic hydroxyl groups is 10. The minimum absolute atomic E-state index is 0. The van der Waals surface area contributed by atoms with Gasteiger partial charge in [0, 0.05) is 486 Å². The second-order valence-corrected chi connectivity index (χ2v) is 31.8. The van der Waals surface area contributed by atoms with Crippen molar-refractivity contribution >= 4 is 72.1 Å². The molecule has 10 radical (unpaired) electrons. The van der Waals surface area contributed by atoms with E-state index in [1.165, 1.54) is 96.3 Å². The Morgan fingerprint density at radius 3 is 1.07 bits per heavy atom. The molecule has 0 saturated heterocycles. The van der Waals surface area contributed by atoms with Gasteiger partial charge >= 0.3 is 231 Å². The van der Waals surface area contributed by atoms with Gasteiger partial charge in [-0.1, -0.05) is 168 Å². The fourth-order valence-electron chi connectivity index (χ4n) is 13.0. The van der Waals surface area contributed by atoms with Crippen LogP contribution in [0, 0.1) is 447 Å². The topological polar surface area (TPSA) is 478 Å². The van der Waals surface area contributed by atoms with Crippen molar-refractivity contribution in [2.75, 3.05) is 126 Å². The van der Waals surface area contributed by atoms with E-state index >= 15 is 0 Å². The zero-order valence-corrected chi connectivity index (χ0v) is 126. The van der Waals surface area contributed by atoms with Crippen LogP contribution >= 0.6 is 0 Å². The Morgan fingerprint density at radius 2 is 0.712 bits per heavy atom. The smallest absolute Gasteiger partial charge is 0.251 e. The van der Waals surface area contributed by atoms with Crippen molar-refractivity contribution in [1.82, 2.24) is 50.2 Å². The summed E-state index contributed by atoms with van der Waals surface area (Å²) in [6, 6.07) is -0.817. The molecule has 5 amide bonds. The molecule has 700 valence electrons. The van der Waals surface area contributed by atoms with Crippen LogP contribution in [0.15, 0.2) is 4.90 Å². The van der Waals surface area contributed by atoms with Gasteiger partial charge in [0.15, 0.2) is 12.2 Å². The van der Waals surface area contributed by atoms with E-state index in [-0.39, 0.29) is 491 Å². The molecule has 0 aromatic heterocycles. The molecule has 48 heteroatoms. The molecule has 0 aliphatic rings. The van der Waals surface area contributed by atoms with E-state index in [2.05, 4.69) is 61.4 Å². The quantitative estimate of drug-likeness (QED) is 0.0306. The van der Waals surface area contributed by atoms with Crippen LogP contribution < -0.4 is 21.3 Å². The Morgan fingerprint density at radius 1 is 0.384 bits per heavy atom. The van der Waals surface area contributed by atoms with Crippen LogP contribution in [0.4, 0.5) is 0 Å². The third kappa shape index (κ3) is 92.1. The van der Waals surface area contributed by atoms with Crippen molar-refractivity contribution in [3.05, 3.63) is 0 Å². The number of carbonyl (C=O) groups excluding carboxylic acids is 5. The fourth-order valence-corrected chi connectivity index (χ4v) is 13.0. The molecule has 2 unspecified atom stereocenters. The van der Waals surface area contributed by atoms with Gasteiger partial charge in [-0.3, -0.25) is 24.0 Å². The molecule has 125 heavy (non-hydrogen) atoms. The van der Waals surface area contributed by atoms with E-state index in [1.54, 1.807) is 41.4 Å². The van der Waals surface area contributed by atoms with Gasteiger partial charge < -0.3 is 92.1 Å². The summed E-state index contributed by atoms with van der Waals surface area (Å²) in [5, 5.41) is 157. The molecule has 0 aliphatic heterocycles. The fraction of sp³-hybridized carbons (Fsp3) is 0.935. The van der Waals surface area contributed by atoms with Crippen LogP contribution in [0.1, 0.15) is 245 Å². The van der Waals surface area contributed by atoms with Crippen LogP contribution in [0.25, 0.3) is 0 Å². The van der Waals surface area contributed by atoms with E-state index in [0.717, 1.165) is 166 Å². The molecular formula is C77H163Ac10B6N11O21. The first-order valence-electron chi connectivity index (χ1n) is 44.0. The molecule has 0 saturated carbocycles. The monoisotopic (exact) mass is 3910 g/mol. The third-order valence-electron chi connectivity index (χ3n) is 21.1. The molecule has 10 atom stereocenters. The molecule has 0 bridgehead atoms. The number of amides is 5. The SMILES string of the molecule is CB(O)N(C)CCCN(CCCCCOB=NCC(C)CN(CCCCN(CCCN(C)B(C)O)B(C)O)B(C)O)B(C)O.CCCCCCCCCCCCCCCCCCCCCCC(NC(=O)CCC(=O)N(CCNC(=O)[C@@H](O)[C@H](O)[C@@H](O)[C@H](O)CO)CCNC(=O)[C@H](O)[C@@H](O)[C@H](O)[C@@H](O)CO)C(=O)NCCCCCCC.[Ac].[Ac].[Ac].[Ac].[Ac].[Ac].[Ac].[Ac].[Ac].[Ac].